The Morgan fingerprint density at radius 3 is 2.50 bits per heavy atom. The molecule has 0 aliphatic heterocycles. The van der Waals surface area contributed by atoms with Gasteiger partial charge in [-0.2, -0.15) is 0 Å². The van der Waals surface area contributed by atoms with Gasteiger partial charge in [-0.25, -0.2) is 9.37 Å². The molecule has 208 valence electrons. The predicted molar refractivity (Wildman–Crippen MR) is 155 cm³/mol. The zero-order valence-electron chi connectivity index (χ0n) is 23.9. The van der Waals surface area contributed by atoms with E-state index in [1.54, 1.807) is 16.7 Å². The van der Waals surface area contributed by atoms with Gasteiger partial charge in [0.15, 0.2) is 0 Å². The number of aromatic nitrogens is 2. The van der Waals surface area contributed by atoms with E-state index >= 15 is 0 Å². The molecular weight excluding hydrogens is 479 g/mol. The topological polar surface area (TPSA) is 58.4 Å². The van der Waals surface area contributed by atoms with Crippen LogP contribution in [0.1, 0.15) is 89.1 Å². The van der Waals surface area contributed by atoms with Gasteiger partial charge < -0.3 is 9.80 Å². The summed E-state index contributed by atoms with van der Waals surface area (Å²) >= 11 is 0. The van der Waals surface area contributed by atoms with Gasteiger partial charge in [0.1, 0.15) is 12.0 Å². The predicted octanol–water partition coefficient (Wildman–Crippen LogP) is 6.44. The number of amides is 1. The molecule has 1 aromatic carbocycles. The molecule has 1 amide bonds. The Bertz CT molecular complexity index is 1200. The van der Waals surface area contributed by atoms with Gasteiger partial charge in [-0.05, 0) is 58.6 Å². The number of halogens is 1. The fourth-order valence-corrected chi connectivity index (χ4v) is 4.95. The van der Waals surface area contributed by atoms with E-state index in [0.29, 0.717) is 41.9 Å². The highest BCUT2D eigenvalue weighted by atomic mass is 19.1. The third-order valence-corrected chi connectivity index (χ3v) is 7.28. The molecule has 2 unspecified atom stereocenters. The van der Waals surface area contributed by atoms with Crippen molar-refractivity contribution >= 4 is 22.5 Å². The van der Waals surface area contributed by atoms with E-state index in [0.717, 1.165) is 24.8 Å². The Balaban J connectivity index is 1.94. The van der Waals surface area contributed by atoms with Crippen molar-refractivity contribution in [1.29, 1.82) is 0 Å². The van der Waals surface area contributed by atoms with Crippen LogP contribution in [0.4, 0.5) is 4.39 Å². The largest absolute Gasteiger partial charge is 0.331 e. The second-order valence-electron chi connectivity index (χ2n) is 10.8. The lowest BCUT2D eigenvalue weighted by Crippen LogP contribution is -2.41. The van der Waals surface area contributed by atoms with Crippen LogP contribution in [0.2, 0.25) is 0 Å². The van der Waals surface area contributed by atoms with Crippen LogP contribution in [0.3, 0.4) is 0 Å². The molecule has 0 fully saturated rings. The Kier molecular flexibility index (Phi) is 11.3. The van der Waals surface area contributed by atoms with Gasteiger partial charge in [0.25, 0.3) is 5.56 Å². The van der Waals surface area contributed by atoms with E-state index in [4.69, 9.17) is 4.98 Å². The Hall–Kier alpha value is -2.80. The van der Waals surface area contributed by atoms with Crippen LogP contribution >= 0.6 is 0 Å². The lowest BCUT2D eigenvalue weighted by atomic mass is 10.1. The SMILES string of the molecule is CCCCCCCCCC(=O)N(CCN(C)C)C(C)c1nc2ccc(C)cc2c(=O)n1C1=CCC(F)C=C1. The van der Waals surface area contributed by atoms with E-state index in [9.17, 15) is 14.0 Å². The fraction of sp³-hybridized carbons (Fsp3) is 0.581. The summed E-state index contributed by atoms with van der Waals surface area (Å²) in [6.07, 6.45) is 12.5. The Morgan fingerprint density at radius 2 is 1.84 bits per heavy atom. The number of hydrogen-bond donors (Lipinski definition) is 0. The minimum atomic E-state index is -1.06. The van der Waals surface area contributed by atoms with Gasteiger partial charge in [-0.3, -0.25) is 14.2 Å². The molecule has 1 aliphatic carbocycles. The van der Waals surface area contributed by atoms with Crippen LogP contribution in [0.15, 0.2) is 41.2 Å². The number of rotatable bonds is 14. The molecule has 1 aliphatic rings. The van der Waals surface area contributed by atoms with Gasteiger partial charge in [-0.1, -0.05) is 63.2 Å². The fourth-order valence-electron chi connectivity index (χ4n) is 4.95. The molecule has 0 saturated carbocycles. The normalized spacial score (nSPS) is 16.2. The van der Waals surface area contributed by atoms with Crippen LogP contribution in [0.5, 0.6) is 0 Å². The van der Waals surface area contributed by atoms with E-state index in [1.807, 2.05) is 51.0 Å². The number of carbonyl (C=O) groups excluding carboxylic acids is 1. The number of carbonyl (C=O) groups is 1. The summed E-state index contributed by atoms with van der Waals surface area (Å²) in [6.45, 7) is 7.34. The van der Waals surface area contributed by atoms with Crippen molar-refractivity contribution < 1.29 is 9.18 Å². The maximum atomic E-state index is 13.9. The lowest BCUT2D eigenvalue weighted by Gasteiger charge is -2.32. The van der Waals surface area contributed by atoms with Crippen molar-refractivity contribution in [2.75, 3.05) is 27.2 Å². The molecule has 7 heteroatoms. The van der Waals surface area contributed by atoms with Crippen molar-refractivity contribution in [3.05, 3.63) is 58.2 Å². The van der Waals surface area contributed by atoms with Crippen molar-refractivity contribution in [2.24, 2.45) is 0 Å². The number of hydrogen-bond acceptors (Lipinski definition) is 4. The average molecular weight is 525 g/mol. The van der Waals surface area contributed by atoms with Gasteiger partial charge in [0, 0.05) is 31.6 Å². The number of fused-ring (bicyclic) bond motifs is 1. The zero-order chi connectivity index (χ0) is 27.7. The van der Waals surface area contributed by atoms with Gasteiger partial charge >= 0.3 is 0 Å². The maximum Gasteiger partial charge on any atom is 0.266 e. The highest BCUT2D eigenvalue weighted by molar-refractivity contribution is 5.80. The van der Waals surface area contributed by atoms with Gasteiger partial charge in [-0.15, -0.1) is 0 Å². The highest BCUT2D eigenvalue weighted by Gasteiger charge is 2.27. The summed E-state index contributed by atoms with van der Waals surface area (Å²) in [5.41, 5.74) is 1.99. The summed E-state index contributed by atoms with van der Waals surface area (Å²) in [6, 6.07) is 5.22. The number of allylic oxidation sites excluding steroid dienone is 4. The van der Waals surface area contributed by atoms with E-state index < -0.39 is 12.2 Å². The standard InChI is InChI=1S/C31H45FN4O2/c1-6-7-8-9-10-11-12-13-29(37)35(21-20-34(4)5)24(3)30-33-28-19-14-23(2)22-27(28)31(38)36(30)26-17-15-25(32)16-18-26/h14-15,17-19,22,24-25H,6-13,16,20-21H2,1-5H3. The lowest BCUT2D eigenvalue weighted by molar-refractivity contribution is -0.133. The number of likely N-dealkylation sites (N-methyl/N-ethyl adjacent to an activating group) is 1. The van der Waals surface area contributed by atoms with Gasteiger partial charge in [0.2, 0.25) is 5.91 Å². The summed E-state index contributed by atoms with van der Waals surface area (Å²) in [5, 5.41) is 0.520. The molecule has 2 atom stereocenters. The minimum Gasteiger partial charge on any atom is -0.331 e. The minimum absolute atomic E-state index is 0.0784. The van der Waals surface area contributed by atoms with Crippen LogP contribution < -0.4 is 5.56 Å². The van der Waals surface area contributed by atoms with Crippen LogP contribution in [-0.4, -0.2) is 58.6 Å². The third-order valence-electron chi connectivity index (χ3n) is 7.28. The first-order chi connectivity index (χ1) is 18.2. The van der Waals surface area contributed by atoms with Crippen molar-refractivity contribution in [3.8, 4) is 0 Å². The first kappa shape index (κ1) is 29.8. The van der Waals surface area contributed by atoms with Crippen molar-refractivity contribution in [1.82, 2.24) is 19.4 Å². The van der Waals surface area contributed by atoms with Crippen LogP contribution in [0.25, 0.3) is 16.6 Å². The number of benzene rings is 1. The molecule has 38 heavy (non-hydrogen) atoms. The number of nitrogens with zero attached hydrogens (tertiary/aromatic N) is 4. The van der Waals surface area contributed by atoms with Crippen molar-refractivity contribution in [3.63, 3.8) is 0 Å². The molecule has 6 nitrogen and oxygen atoms in total. The molecule has 0 spiro atoms. The molecule has 2 aromatic rings. The average Bonchev–Trinajstić information content (AvgIpc) is 2.89. The molecule has 3 rings (SSSR count). The first-order valence-electron chi connectivity index (χ1n) is 14.2. The zero-order valence-corrected chi connectivity index (χ0v) is 23.9. The second kappa shape index (κ2) is 14.4. The molecular formula is C31H45FN4O2. The van der Waals surface area contributed by atoms with E-state index in [2.05, 4.69) is 11.8 Å². The highest BCUT2D eigenvalue weighted by Crippen LogP contribution is 2.26. The number of alkyl halides is 1. The summed E-state index contributed by atoms with van der Waals surface area (Å²) in [5.74, 6) is 0.584. The van der Waals surface area contributed by atoms with Crippen LogP contribution in [-0.2, 0) is 4.79 Å². The summed E-state index contributed by atoms with van der Waals surface area (Å²) in [4.78, 5) is 36.2. The second-order valence-corrected chi connectivity index (χ2v) is 10.8. The molecule has 1 aromatic heterocycles. The molecule has 0 saturated heterocycles. The Labute approximate surface area is 227 Å². The summed E-state index contributed by atoms with van der Waals surface area (Å²) < 4.78 is 15.5. The first-order valence-corrected chi connectivity index (χ1v) is 14.2. The van der Waals surface area contributed by atoms with Crippen LogP contribution in [0, 0.1) is 6.92 Å². The third kappa shape index (κ3) is 7.85. The smallest absolute Gasteiger partial charge is 0.266 e. The summed E-state index contributed by atoms with van der Waals surface area (Å²) in [7, 11) is 3.97. The molecule has 1 heterocycles. The van der Waals surface area contributed by atoms with E-state index in [1.165, 1.54) is 31.8 Å². The molecule has 0 bridgehead atoms. The van der Waals surface area contributed by atoms with Crippen molar-refractivity contribution in [2.45, 2.75) is 90.8 Å². The molecule has 0 radical (unpaired) electrons. The monoisotopic (exact) mass is 524 g/mol. The van der Waals surface area contributed by atoms with Gasteiger partial charge in [0.05, 0.1) is 16.9 Å². The maximum absolute atomic E-state index is 13.9. The van der Waals surface area contributed by atoms with E-state index in [-0.39, 0.29) is 17.9 Å². The Morgan fingerprint density at radius 1 is 1.13 bits per heavy atom. The quantitative estimate of drug-likeness (QED) is 0.267. The number of aryl methyl sites for hydroxylation is 1. The number of unbranched alkanes of at least 4 members (excludes halogenated alkanes) is 6. The molecule has 0 N–H and O–H groups in total.